The number of carbonyl (C=O) groups is 2. The lowest BCUT2D eigenvalue weighted by atomic mass is 10.2. The Morgan fingerprint density at radius 3 is 2.42 bits per heavy atom. The summed E-state index contributed by atoms with van der Waals surface area (Å²) in [6.07, 6.45) is 0. The lowest BCUT2D eigenvalue weighted by Gasteiger charge is -2.13. The van der Waals surface area contributed by atoms with Crippen molar-refractivity contribution in [3.63, 3.8) is 0 Å². The van der Waals surface area contributed by atoms with Crippen LogP contribution < -0.4 is 19.9 Å². The first-order chi connectivity index (χ1) is 11.5. The summed E-state index contributed by atoms with van der Waals surface area (Å²) in [5.74, 6) is -1.18. The van der Waals surface area contributed by atoms with Crippen molar-refractivity contribution in [3.05, 3.63) is 53.1 Å². The fourth-order valence-electron chi connectivity index (χ4n) is 1.90. The zero-order valence-corrected chi connectivity index (χ0v) is 13.6. The number of aromatic carboxylic acids is 1. The van der Waals surface area contributed by atoms with Crippen LogP contribution >= 0.6 is 11.6 Å². The van der Waals surface area contributed by atoms with Gasteiger partial charge in [0.15, 0.2) is 18.1 Å². The summed E-state index contributed by atoms with van der Waals surface area (Å²) >= 11 is 5.77. The first-order valence-electron chi connectivity index (χ1n) is 7.16. The number of amides is 1. The molecule has 0 saturated heterocycles. The van der Waals surface area contributed by atoms with Gasteiger partial charge in [-0.1, -0.05) is 11.6 Å². The summed E-state index contributed by atoms with van der Waals surface area (Å²) in [5.41, 5.74) is 0.557. The van der Waals surface area contributed by atoms with Crippen LogP contribution in [0.1, 0.15) is 17.3 Å². The van der Waals surface area contributed by atoms with Crippen LogP contribution in [0.25, 0.3) is 0 Å². The Kier molecular flexibility index (Phi) is 6.03. The van der Waals surface area contributed by atoms with Crippen LogP contribution in [-0.4, -0.2) is 25.1 Å². The summed E-state index contributed by atoms with van der Waals surface area (Å²) in [6.45, 7) is 1.82. The minimum absolute atomic E-state index is 0.0311. The van der Waals surface area contributed by atoms with Crippen molar-refractivity contribution in [2.45, 2.75) is 6.92 Å². The Balaban J connectivity index is 2.01. The average Bonchev–Trinajstić information content (AvgIpc) is 2.56. The third-order valence-corrected chi connectivity index (χ3v) is 3.22. The quantitative estimate of drug-likeness (QED) is 0.828. The van der Waals surface area contributed by atoms with Crippen LogP contribution in [0.3, 0.4) is 0 Å². The monoisotopic (exact) mass is 348 g/mol. The minimum Gasteiger partial charge on any atom is -0.545 e. The molecule has 2 aromatic carbocycles. The van der Waals surface area contributed by atoms with Crippen LogP contribution in [0.15, 0.2) is 42.5 Å². The molecule has 0 bridgehead atoms. The van der Waals surface area contributed by atoms with Crippen molar-refractivity contribution >= 4 is 29.2 Å². The van der Waals surface area contributed by atoms with Gasteiger partial charge in [-0.25, -0.2) is 0 Å². The molecule has 0 aliphatic rings. The number of hydrogen-bond acceptors (Lipinski definition) is 5. The summed E-state index contributed by atoms with van der Waals surface area (Å²) in [6, 6.07) is 10.7. The second-order valence-corrected chi connectivity index (χ2v) is 5.16. The molecule has 0 atom stereocenters. The molecule has 1 amide bonds. The molecule has 0 spiro atoms. The molecule has 0 aliphatic heterocycles. The van der Waals surface area contributed by atoms with E-state index in [0.717, 1.165) is 0 Å². The third kappa shape index (κ3) is 4.89. The summed E-state index contributed by atoms with van der Waals surface area (Å²) in [5, 5.41) is 14.1. The average molecular weight is 349 g/mol. The van der Waals surface area contributed by atoms with E-state index in [1.165, 1.54) is 18.2 Å². The van der Waals surface area contributed by atoms with Gasteiger partial charge in [0.2, 0.25) is 0 Å². The second-order valence-electron chi connectivity index (χ2n) is 4.73. The third-order valence-electron chi connectivity index (χ3n) is 2.97. The highest BCUT2D eigenvalue weighted by molar-refractivity contribution is 6.30. The second kappa shape index (κ2) is 8.21. The first-order valence-corrected chi connectivity index (χ1v) is 7.53. The number of carboxylic acids is 1. The van der Waals surface area contributed by atoms with Gasteiger partial charge in [0, 0.05) is 16.3 Å². The van der Waals surface area contributed by atoms with E-state index >= 15 is 0 Å². The molecule has 0 fully saturated rings. The minimum atomic E-state index is -1.32. The van der Waals surface area contributed by atoms with Crippen LogP contribution in [0, 0.1) is 0 Å². The molecule has 7 heteroatoms. The van der Waals surface area contributed by atoms with E-state index in [9.17, 15) is 14.7 Å². The number of rotatable bonds is 7. The van der Waals surface area contributed by atoms with E-state index in [2.05, 4.69) is 5.32 Å². The molecular formula is C17H15ClNO5-. The van der Waals surface area contributed by atoms with Gasteiger partial charge < -0.3 is 24.7 Å². The SMILES string of the molecule is CCOc1cc(C(=O)[O-])ccc1OCC(=O)Nc1ccc(Cl)cc1. The molecule has 0 aliphatic carbocycles. The lowest BCUT2D eigenvalue weighted by molar-refractivity contribution is -0.255. The maximum absolute atomic E-state index is 11.9. The Bertz CT molecular complexity index is 730. The van der Waals surface area contributed by atoms with Crippen molar-refractivity contribution in [3.8, 4) is 11.5 Å². The molecule has 24 heavy (non-hydrogen) atoms. The van der Waals surface area contributed by atoms with Crippen molar-refractivity contribution in [2.24, 2.45) is 0 Å². The van der Waals surface area contributed by atoms with Crippen LogP contribution in [0.4, 0.5) is 5.69 Å². The van der Waals surface area contributed by atoms with Gasteiger partial charge in [-0.2, -0.15) is 0 Å². The fourth-order valence-corrected chi connectivity index (χ4v) is 2.02. The molecule has 0 unspecified atom stereocenters. The molecule has 0 radical (unpaired) electrons. The zero-order valence-electron chi connectivity index (χ0n) is 12.9. The predicted octanol–water partition coefficient (Wildman–Crippen LogP) is 2.12. The maximum Gasteiger partial charge on any atom is 0.262 e. The van der Waals surface area contributed by atoms with Crippen LogP contribution in [-0.2, 0) is 4.79 Å². The number of carbonyl (C=O) groups excluding carboxylic acids is 2. The van der Waals surface area contributed by atoms with Crippen molar-refractivity contribution in [1.82, 2.24) is 0 Å². The van der Waals surface area contributed by atoms with E-state index in [0.29, 0.717) is 17.3 Å². The highest BCUT2D eigenvalue weighted by Gasteiger charge is 2.10. The van der Waals surface area contributed by atoms with Gasteiger partial charge >= 0.3 is 0 Å². The molecule has 0 aromatic heterocycles. The predicted molar refractivity (Wildman–Crippen MR) is 87.5 cm³/mol. The van der Waals surface area contributed by atoms with Crippen LogP contribution in [0.2, 0.25) is 5.02 Å². The Hall–Kier alpha value is -2.73. The zero-order chi connectivity index (χ0) is 17.5. The van der Waals surface area contributed by atoms with Crippen molar-refractivity contribution < 1.29 is 24.2 Å². The van der Waals surface area contributed by atoms with Gasteiger partial charge in [0.25, 0.3) is 5.91 Å². The number of nitrogens with one attached hydrogen (secondary N) is 1. The number of ether oxygens (including phenoxy) is 2. The largest absolute Gasteiger partial charge is 0.545 e. The Morgan fingerprint density at radius 2 is 1.79 bits per heavy atom. The summed E-state index contributed by atoms with van der Waals surface area (Å²) in [7, 11) is 0. The molecule has 2 rings (SSSR count). The molecule has 0 saturated carbocycles. The molecule has 2 aromatic rings. The smallest absolute Gasteiger partial charge is 0.262 e. The lowest BCUT2D eigenvalue weighted by Crippen LogP contribution is -2.22. The highest BCUT2D eigenvalue weighted by atomic mass is 35.5. The standard InChI is InChI=1S/C17H16ClNO5/c1-2-23-15-9-11(17(21)22)3-8-14(15)24-10-16(20)19-13-6-4-12(18)5-7-13/h3-9H,2,10H2,1H3,(H,19,20)(H,21,22)/p-1. The number of hydrogen-bond donors (Lipinski definition) is 1. The van der Waals surface area contributed by atoms with E-state index < -0.39 is 5.97 Å². The molecule has 126 valence electrons. The van der Waals surface area contributed by atoms with Gasteiger partial charge in [-0.3, -0.25) is 4.79 Å². The molecule has 6 nitrogen and oxygen atoms in total. The number of carboxylic acid groups (broad SMARTS) is 1. The molecular weight excluding hydrogens is 334 g/mol. The number of halogens is 1. The fraction of sp³-hybridized carbons (Fsp3) is 0.176. The van der Waals surface area contributed by atoms with E-state index in [1.54, 1.807) is 31.2 Å². The van der Waals surface area contributed by atoms with Gasteiger partial charge in [0.1, 0.15) is 0 Å². The number of benzene rings is 2. The van der Waals surface area contributed by atoms with Gasteiger partial charge in [-0.15, -0.1) is 0 Å². The van der Waals surface area contributed by atoms with Gasteiger partial charge in [0.05, 0.1) is 12.6 Å². The highest BCUT2D eigenvalue weighted by Crippen LogP contribution is 2.28. The number of anilines is 1. The molecule has 1 N–H and O–H groups in total. The molecule has 0 heterocycles. The first kappa shape index (κ1) is 17.6. The Labute approximate surface area is 144 Å². The summed E-state index contributed by atoms with van der Waals surface area (Å²) < 4.78 is 10.7. The van der Waals surface area contributed by atoms with E-state index in [-0.39, 0.29) is 29.6 Å². The topological polar surface area (TPSA) is 87.7 Å². The van der Waals surface area contributed by atoms with E-state index in [4.69, 9.17) is 21.1 Å². The maximum atomic E-state index is 11.9. The van der Waals surface area contributed by atoms with Crippen molar-refractivity contribution in [2.75, 3.05) is 18.5 Å². The van der Waals surface area contributed by atoms with Gasteiger partial charge in [-0.05, 0) is 49.4 Å². The van der Waals surface area contributed by atoms with E-state index in [1.807, 2.05) is 0 Å². The normalized spacial score (nSPS) is 10.1. The van der Waals surface area contributed by atoms with Crippen molar-refractivity contribution in [1.29, 1.82) is 0 Å². The summed E-state index contributed by atoms with van der Waals surface area (Å²) in [4.78, 5) is 22.8. The van der Waals surface area contributed by atoms with Crippen LogP contribution in [0.5, 0.6) is 11.5 Å². The Morgan fingerprint density at radius 1 is 1.08 bits per heavy atom.